The zero-order chi connectivity index (χ0) is 13.7. The molecule has 1 aliphatic rings. The van der Waals surface area contributed by atoms with Gasteiger partial charge in [-0.1, -0.05) is 44.2 Å². The fraction of sp³-hybridized carbons (Fsp3) is 0.647. The van der Waals surface area contributed by atoms with Crippen LogP contribution < -0.4 is 5.32 Å². The summed E-state index contributed by atoms with van der Waals surface area (Å²) in [6, 6.07) is 11.8. The molecule has 2 heteroatoms. The van der Waals surface area contributed by atoms with Crippen molar-refractivity contribution in [3.63, 3.8) is 0 Å². The van der Waals surface area contributed by atoms with E-state index < -0.39 is 0 Å². The average molecular weight is 261 g/mol. The van der Waals surface area contributed by atoms with Gasteiger partial charge in [0, 0.05) is 19.2 Å². The monoisotopic (exact) mass is 261 g/mol. The summed E-state index contributed by atoms with van der Waals surface area (Å²) in [5.74, 6) is 0.695. The zero-order valence-corrected chi connectivity index (χ0v) is 12.4. The van der Waals surface area contributed by atoms with Gasteiger partial charge < -0.3 is 10.1 Å². The molecule has 1 aromatic rings. The summed E-state index contributed by atoms with van der Waals surface area (Å²) >= 11 is 0. The number of benzene rings is 1. The number of nitrogens with one attached hydrogen (secondary N) is 1. The van der Waals surface area contributed by atoms with E-state index in [2.05, 4.69) is 49.5 Å². The van der Waals surface area contributed by atoms with Crippen LogP contribution in [0.5, 0.6) is 0 Å². The SMILES string of the molecule is COC1CCCC1NC(CC(C)C)c1ccccc1. The molecule has 1 fully saturated rings. The van der Waals surface area contributed by atoms with E-state index in [1.165, 1.54) is 31.2 Å². The van der Waals surface area contributed by atoms with Gasteiger partial charge in [0.25, 0.3) is 0 Å². The lowest BCUT2D eigenvalue weighted by atomic mass is 9.96. The Balaban J connectivity index is 2.06. The maximum absolute atomic E-state index is 5.60. The minimum Gasteiger partial charge on any atom is -0.380 e. The van der Waals surface area contributed by atoms with Crippen molar-refractivity contribution in [3.8, 4) is 0 Å². The summed E-state index contributed by atoms with van der Waals surface area (Å²) in [6.07, 6.45) is 5.27. The first-order chi connectivity index (χ1) is 9.20. The molecule has 1 saturated carbocycles. The van der Waals surface area contributed by atoms with E-state index in [9.17, 15) is 0 Å². The Kier molecular flexibility index (Phi) is 5.41. The molecule has 0 amide bonds. The fourth-order valence-corrected chi connectivity index (χ4v) is 3.11. The molecule has 1 aromatic carbocycles. The number of hydrogen-bond donors (Lipinski definition) is 1. The predicted octanol–water partition coefficient (Wildman–Crippen LogP) is 3.93. The van der Waals surface area contributed by atoms with E-state index >= 15 is 0 Å². The van der Waals surface area contributed by atoms with Gasteiger partial charge in [0.2, 0.25) is 0 Å². The maximum Gasteiger partial charge on any atom is 0.0724 e. The van der Waals surface area contributed by atoms with E-state index in [-0.39, 0.29) is 0 Å². The maximum atomic E-state index is 5.60. The molecule has 3 unspecified atom stereocenters. The normalized spacial score (nSPS) is 24.8. The first-order valence-corrected chi connectivity index (χ1v) is 7.54. The van der Waals surface area contributed by atoms with E-state index in [1.54, 1.807) is 0 Å². The summed E-state index contributed by atoms with van der Waals surface area (Å²) in [5.41, 5.74) is 1.40. The van der Waals surface area contributed by atoms with Crippen LogP contribution in [0.25, 0.3) is 0 Å². The molecule has 1 aliphatic carbocycles. The smallest absolute Gasteiger partial charge is 0.0724 e. The summed E-state index contributed by atoms with van der Waals surface area (Å²) in [5, 5.41) is 3.84. The standard InChI is InChI=1S/C17H27NO/c1-13(2)12-16(14-8-5-4-6-9-14)18-15-10-7-11-17(15)19-3/h4-6,8-9,13,15-18H,7,10-12H2,1-3H3. The van der Waals surface area contributed by atoms with Crippen molar-refractivity contribution in [2.45, 2.75) is 57.7 Å². The topological polar surface area (TPSA) is 21.3 Å². The summed E-state index contributed by atoms with van der Waals surface area (Å²) in [4.78, 5) is 0. The Morgan fingerprint density at radius 2 is 1.95 bits per heavy atom. The molecule has 106 valence electrons. The number of hydrogen-bond acceptors (Lipinski definition) is 2. The van der Waals surface area contributed by atoms with Crippen LogP contribution in [-0.4, -0.2) is 19.3 Å². The van der Waals surface area contributed by atoms with Crippen molar-refractivity contribution in [1.29, 1.82) is 0 Å². The highest BCUT2D eigenvalue weighted by Gasteiger charge is 2.29. The van der Waals surface area contributed by atoms with E-state index in [0.29, 0.717) is 24.1 Å². The highest BCUT2D eigenvalue weighted by molar-refractivity contribution is 5.19. The van der Waals surface area contributed by atoms with Crippen LogP contribution in [0, 0.1) is 5.92 Å². The molecule has 2 rings (SSSR count). The Morgan fingerprint density at radius 1 is 1.21 bits per heavy atom. The van der Waals surface area contributed by atoms with Crippen LogP contribution >= 0.6 is 0 Å². The lowest BCUT2D eigenvalue weighted by molar-refractivity contribution is 0.0801. The van der Waals surface area contributed by atoms with Gasteiger partial charge in [-0.05, 0) is 37.2 Å². The van der Waals surface area contributed by atoms with Crippen LogP contribution in [0.4, 0.5) is 0 Å². The van der Waals surface area contributed by atoms with Crippen LogP contribution in [0.3, 0.4) is 0 Å². The molecule has 0 spiro atoms. The van der Waals surface area contributed by atoms with E-state index in [0.717, 1.165) is 0 Å². The quantitative estimate of drug-likeness (QED) is 0.837. The predicted molar refractivity (Wildman–Crippen MR) is 80.2 cm³/mol. The Morgan fingerprint density at radius 3 is 2.58 bits per heavy atom. The molecule has 3 atom stereocenters. The van der Waals surface area contributed by atoms with E-state index in [4.69, 9.17) is 4.74 Å². The van der Waals surface area contributed by atoms with Crippen LogP contribution in [0.15, 0.2) is 30.3 Å². The second-order valence-corrected chi connectivity index (χ2v) is 6.07. The molecular weight excluding hydrogens is 234 g/mol. The van der Waals surface area contributed by atoms with Crippen LogP contribution in [-0.2, 0) is 4.74 Å². The molecule has 19 heavy (non-hydrogen) atoms. The molecular formula is C17H27NO. The number of methoxy groups -OCH3 is 1. The largest absolute Gasteiger partial charge is 0.380 e. The second kappa shape index (κ2) is 7.06. The molecule has 0 heterocycles. The molecule has 2 nitrogen and oxygen atoms in total. The third-order valence-electron chi connectivity index (χ3n) is 4.08. The first kappa shape index (κ1) is 14.5. The minimum absolute atomic E-state index is 0.387. The van der Waals surface area contributed by atoms with Crippen LogP contribution in [0.2, 0.25) is 0 Å². The summed E-state index contributed by atoms with van der Waals surface area (Å²) < 4.78 is 5.60. The van der Waals surface area contributed by atoms with Gasteiger partial charge in [0.05, 0.1) is 6.10 Å². The van der Waals surface area contributed by atoms with E-state index in [1.807, 2.05) is 7.11 Å². The fourth-order valence-electron chi connectivity index (χ4n) is 3.11. The lowest BCUT2D eigenvalue weighted by Crippen LogP contribution is -2.39. The molecule has 1 N–H and O–H groups in total. The van der Waals surface area contributed by atoms with Crippen molar-refractivity contribution < 1.29 is 4.74 Å². The molecule has 0 saturated heterocycles. The molecule has 0 aliphatic heterocycles. The van der Waals surface area contributed by atoms with Crippen molar-refractivity contribution >= 4 is 0 Å². The van der Waals surface area contributed by atoms with Crippen molar-refractivity contribution in [3.05, 3.63) is 35.9 Å². The van der Waals surface area contributed by atoms with Gasteiger partial charge in [0.15, 0.2) is 0 Å². The van der Waals surface area contributed by atoms with Crippen molar-refractivity contribution in [1.82, 2.24) is 5.32 Å². The lowest BCUT2D eigenvalue weighted by Gasteiger charge is -2.28. The third kappa shape index (κ3) is 4.05. The zero-order valence-electron chi connectivity index (χ0n) is 12.4. The van der Waals surface area contributed by atoms with Gasteiger partial charge in [-0.25, -0.2) is 0 Å². The highest BCUT2D eigenvalue weighted by Crippen LogP contribution is 2.27. The molecule has 0 bridgehead atoms. The van der Waals surface area contributed by atoms with Gasteiger partial charge >= 0.3 is 0 Å². The van der Waals surface area contributed by atoms with Gasteiger partial charge in [-0.15, -0.1) is 0 Å². The molecule has 0 aromatic heterocycles. The second-order valence-electron chi connectivity index (χ2n) is 6.07. The van der Waals surface area contributed by atoms with Gasteiger partial charge in [0.1, 0.15) is 0 Å². The Bertz CT molecular complexity index is 363. The molecule has 0 radical (unpaired) electrons. The van der Waals surface area contributed by atoms with Crippen LogP contribution in [0.1, 0.15) is 51.1 Å². The Labute approximate surface area is 117 Å². The van der Waals surface area contributed by atoms with Gasteiger partial charge in [-0.2, -0.15) is 0 Å². The third-order valence-corrected chi connectivity index (χ3v) is 4.08. The number of ether oxygens (including phenoxy) is 1. The Hall–Kier alpha value is -0.860. The highest BCUT2D eigenvalue weighted by atomic mass is 16.5. The number of rotatable bonds is 6. The minimum atomic E-state index is 0.387. The summed E-state index contributed by atoms with van der Waals surface area (Å²) in [7, 11) is 1.84. The summed E-state index contributed by atoms with van der Waals surface area (Å²) in [6.45, 7) is 4.58. The van der Waals surface area contributed by atoms with Crippen molar-refractivity contribution in [2.75, 3.05) is 7.11 Å². The first-order valence-electron chi connectivity index (χ1n) is 7.54. The van der Waals surface area contributed by atoms with Crippen molar-refractivity contribution in [2.24, 2.45) is 5.92 Å². The average Bonchev–Trinajstić information content (AvgIpc) is 2.86. The van der Waals surface area contributed by atoms with Gasteiger partial charge in [-0.3, -0.25) is 0 Å².